The first-order chi connectivity index (χ1) is 12.1. The van der Waals surface area contributed by atoms with Gasteiger partial charge in [0.15, 0.2) is 0 Å². The molecule has 0 atom stereocenters. The second-order valence-corrected chi connectivity index (χ2v) is 5.64. The first-order valence-electron chi connectivity index (χ1n) is 7.90. The van der Waals surface area contributed by atoms with Crippen molar-refractivity contribution < 1.29 is 14.7 Å². The number of hydrogen-bond donors (Lipinski definition) is 2. The molecule has 4 heteroatoms. The first-order valence-corrected chi connectivity index (χ1v) is 7.90. The van der Waals surface area contributed by atoms with Crippen molar-refractivity contribution in [1.82, 2.24) is 0 Å². The van der Waals surface area contributed by atoms with Gasteiger partial charge < -0.3 is 10.4 Å². The summed E-state index contributed by atoms with van der Waals surface area (Å²) < 4.78 is 0. The molecule has 0 aromatic heterocycles. The number of hydrogen-bond acceptors (Lipinski definition) is 2. The van der Waals surface area contributed by atoms with Crippen LogP contribution in [0.2, 0.25) is 0 Å². The Bertz CT molecular complexity index is 904. The molecule has 25 heavy (non-hydrogen) atoms. The molecule has 3 rings (SSSR count). The first kappa shape index (κ1) is 16.5. The van der Waals surface area contributed by atoms with E-state index in [4.69, 9.17) is 5.11 Å². The Labute approximate surface area is 145 Å². The zero-order valence-corrected chi connectivity index (χ0v) is 13.5. The Balaban J connectivity index is 1.85. The van der Waals surface area contributed by atoms with Crippen LogP contribution in [0.25, 0.3) is 11.1 Å². The average Bonchev–Trinajstić information content (AvgIpc) is 2.63. The quantitative estimate of drug-likeness (QED) is 0.735. The zero-order chi connectivity index (χ0) is 17.6. The van der Waals surface area contributed by atoms with Crippen molar-refractivity contribution >= 4 is 17.6 Å². The van der Waals surface area contributed by atoms with Crippen LogP contribution in [0.1, 0.15) is 15.9 Å². The fourth-order valence-electron chi connectivity index (χ4n) is 2.64. The monoisotopic (exact) mass is 331 g/mol. The average molecular weight is 331 g/mol. The maximum absolute atomic E-state index is 12.3. The van der Waals surface area contributed by atoms with Crippen molar-refractivity contribution in [3.8, 4) is 11.1 Å². The molecule has 3 aromatic carbocycles. The smallest absolute Gasteiger partial charge is 0.335 e. The third kappa shape index (κ3) is 4.12. The fraction of sp³-hybridized carbons (Fsp3) is 0.0476. The number of para-hydroxylation sites is 1. The van der Waals surface area contributed by atoms with E-state index < -0.39 is 5.97 Å². The minimum atomic E-state index is -0.979. The van der Waals surface area contributed by atoms with Crippen molar-refractivity contribution in [1.29, 1.82) is 0 Å². The molecule has 0 saturated carbocycles. The van der Waals surface area contributed by atoms with Crippen LogP contribution in [0, 0.1) is 0 Å². The highest BCUT2D eigenvalue weighted by Gasteiger charge is 2.11. The van der Waals surface area contributed by atoms with E-state index >= 15 is 0 Å². The van der Waals surface area contributed by atoms with Gasteiger partial charge in [-0.25, -0.2) is 4.79 Å². The van der Waals surface area contributed by atoms with E-state index in [0.717, 1.165) is 16.7 Å². The van der Waals surface area contributed by atoms with Gasteiger partial charge in [0.2, 0.25) is 5.91 Å². The molecule has 3 aromatic rings. The molecule has 4 nitrogen and oxygen atoms in total. The van der Waals surface area contributed by atoms with Crippen molar-refractivity contribution in [2.45, 2.75) is 6.42 Å². The van der Waals surface area contributed by atoms with Gasteiger partial charge in [0.25, 0.3) is 0 Å². The number of carbonyl (C=O) groups is 2. The molecule has 0 fully saturated rings. The lowest BCUT2D eigenvalue weighted by Gasteiger charge is -2.12. The Morgan fingerprint density at radius 1 is 0.840 bits per heavy atom. The summed E-state index contributed by atoms with van der Waals surface area (Å²) >= 11 is 0. The van der Waals surface area contributed by atoms with Crippen LogP contribution >= 0.6 is 0 Å². The molecule has 0 aliphatic carbocycles. The van der Waals surface area contributed by atoms with E-state index in [0.29, 0.717) is 5.69 Å². The number of anilines is 1. The molecule has 0 aliphatic heterocycles. The van der Waals surface area contributed by atoms with Crippen molar-refractivity contribution in [3.05, 3.63) is 90.0 Å². The lowest BCUT2D eigenvalue weighted by Crippen LogP contribution is -2.15. The molecular weight excluding hydrogens is 314 g/mol. The van der Waals surface area contributed by atoms with Gasteiger partial charge in [-0.15, -0.1) is 0 Å². The number of carboxylic acids is 1. The summed E-state index contributed by atoms with van der Waals surface area (Å²) in [6.07, 6.45) is 0.282. The van der Waals surface area contributed by atoms with Crippen LogP contribution in [0.15, 0.2) is 78.9 Å². The minimum absolute atomic E-state index is 0.118. The molecule has 1 amide bonds. The van der Waals surface area contributed by atoms with Crippen molar-refractivity contribution in [3.63, 3.8) is 0 Å². The molecule has 2 N–H and O–H groups in total. The summed E-state index contributed by atoms with van der Waals surface area (Å²) in [6.45, 7) is 0. The predicted octanol–water partition coefficient (Wildman–Crippen LogP) is 4.23. The van der Waals surface area contributed by atoms with Crippen LogP contribution in [0.4, 0.5) is 5.69 Å². The fourth-order valence-corrected chi connectivity index (χ4v) is 2.64. The van der Waals surface area contributed by atoms with Gasteiger partial charge in [0, 0.05) is 11.3 Å². The maximum Gasteiger partial charge on any atom is 0.335 e. The van der Waals surface area contributed by atoms with E-state index in [2.05, 4.69) is 5.32 Å². The number of rotatable bonds is 5. The van der Waals surface area contributed by atoms with Gasteiger partial charge >= 0.3 is 5.97 Å². The number of amides is 1. The number of benzene rings is 3. The molecule has 0 saturated heterocycles. The van der Waals surface area contributed by atoms with Gasteiger partial charge in [-0.05, 0) is 29.3 Å². The third-order valence-electron chi connectivity index (χ3n) is 3.83. The molecule has 124 valence electrons. The van der Waals surface area contributed by atoms with Gasteiger partial charge in [0.1, 0.15) is 0 Å². The van der Waals surface area contributed by atoms with E-state index in [1.54, 1.807) is 18.2 Å². The summed E-state index contributed by atoms with van der Waals surface area (Å²) in [5.41, 5.74) is 3.33. The topological polar surface area (TPSA) is 66.4 Å². The number of aromatic carboxylic acids is 1. The predicted molar refractivity (Wildman–Crippen MR) is 97.6 cm³/mol. The SMILES string of the molecule is O=C(Cc1ccccc1)Nc1ccccc1-c1cccc(C(=O)O)c1. The number of carboxylic acid groups (broad SMARTS) is 1. The lowest BCUT2D eigenvalue weighted by molar-refractivity contribution is -0.115. The Morgan fingerprint density at radius 2 is 1.56 bits per heavy atom. The Kier molecular flexibility index (Phi) is 4.90. The van der Waals surface area contributed by atoms with Gasteiger partial charge in [-0.3, -0.25) is 4.79 Å². The number of nitrogens with one attached hydrogen (secondary N) is 1. The van der Waals surface area contributed by atoms with Crippen LogP contribution in [-0.2, 0) is 11.2 Å². The van der Waals surface area contributed by atoms with Crippen molar-refractivity contribution in [2.75, 3.05) is 5.32 Å². The largest absolute Gasteiger partial charge is 0.478 e. The van der Waals surface area contributed by atoms with Gasteiger partial charge in [0.05, 0.1) is 12.0 Å². The van der Waals surface area contributed by atoms with E-state index in [-0.39, 0.29) is 17.9 Å². The second-order valence-electron chi connectivity index (χ2n) is 5.64. The number of carbonyl (C=O) groups excluding carboxylic acids is 1. The van der Waals surface area contributed by atoms with Crippen LogP contribution in [-0.4, -0.2) is 17.0 Å². The van der Waals surface area contributed by atoms with Crippen LogP contribution in [0.3, 0.4) is 0 Å². The molecule has 0 bridgehead atoms. The van der Waals surface area contributed by atoms with Crippen LogP contribution < -0.4 is 5.32 Å². The summed E-state index contributed by atoms with van der Waals surface area (Å²) in [4.78, 5) is 23.5. The minimum Gasteiger partial charge on any atom is -0.478 e. The molecule has 0 unspecified atom stereocenters. The summed E-state index contributed by atoms with van der Waals surface area (Å²) in [5.74, 6) is -1.10. The second kappa shape index (κ2) is 7.45. The lowest BCUT2D eigenvalue weighted by atomic mass is 10.0. The summed E-state index contributed by atoms with van der Waals surface area (Å²) in [6, 6.07) is 23.5. The molecule has 0 aliphatic rings. The molecule has 0 radical (unpaired) electrons. The Hall–Kier alpha value is -3.40. The molecule has 0 spiro atoms. The maximum atomic E-state index is 12.3. The highest BCUT2D eigenvalue weighted by Crippen LogP contribution is 2.28. The molecule has 0 heterocycles. The highest BCUT2D eigenvalue weighted by atomic mass is 16.4. The highest BCUT2D eigenvalue weighted by molar-refractivity contribution is 5.97. The van der Waals surface area contributed by atoms with Crippen LogP contribution in [0.5, 0.6) is 0 Å². The van der Waals surface area contributed by atoms with Crippen molar-refractivity contribution in [2.24, 2.45) is 0 Å². The standard InChI is InChI=1S/C21H17NO3/c23-20(13-15-7-2-1-3-8-15)22-19-12-5-4-11-18(19)16-9-6-10-17(14-16)21(24)25/h1-12,14H,13H2,(H,22,23)(H,24,25). The van der Waals surface area contributed by atoms with E-state index in [9.17, 15) is 9.59 Å². The van der Waals surface area contributed by atoms with E-state index in [1.807, 2.05) is 60.7 Å². The summed E-state index contributed by atoms with van der Waals surface area (Å²) in [5, 5.41) is 12.1. The van der Waals surface area contributed by atoms with Gasteiger partial charge in [-0.2, -0.15) is 0 Å². The third-order valence-corrected chi connectivity index (χ3v) is 3.83. The van der Waals surface area contributed by atoms with Gasteiger partial charge in [-0.1, -0.05) is 60.7 Å². The zero-order valence-electron chi connectivity index (χ0n) is 13.5. The van der Waals surface area contributed by atoms with E-state index in [1.165, 1.54) is 0 Å². The Morgan fingerprint density at radius 3 is 2.32 bits per heavy atom. The normalized spacial score (nSPS) is 10.2. The summed E-state index contributed by atoms with van der Waals surface area (Å²) in [7, 11) is 0. The molecular formula is C21H17NO3.